The van der Waals surface area contributed by atoms with Crippen LogP contribution < -0.4 is 5.56 Å². The fourth-order valence-corrected chi connectivity index (χ4v) is 3.23. The third kappa shape index (κ3) is 2.13. The Morgan fingerprint density at radius 1 is 1.13 bits per heavy atom. The second kappa shape index (κ2) is 5.39. The Morgan fingerprint density at radius 3 is 2.78 bits per heavy atom. The number of hydrogen-bond donors (Lipinski definition) is 0. The average molecular weight is 326 g/mol. The number of halogens is 1. The highest BCUT2D eigenvalue weighted by atomic mass is 35.5. The molecule has 4 rings (SSSR count). The number of hydrogen-bond acceptors (Lipinski definition) is 2. The lowest BCUT2D eigenvalue weighted by Gasteiger charge is -2.11. The van der Waals surface area contributed by atoms with Gasteiger partial charge in [-0.3, -0.25) is 13.8 Å². The van der Waals surface area contributed by atoms with Crippen LogP contribution in [0, 0.1) is 0 Å². The van der Waals surface area contributed by atoms with Gasteiger partial charge in [-0.15, -0.1) is 0 Å². The Labute approximate surface area is 137 Å². The smallest absolute Gasteiger partial charge is 0.262 e. The summed E-state index contributed by atoms with van der Waals surface area (Å²) in [6.07, 6.45) is 1.96. The van der Waals surface area contributed by atoms with Crippen molar-refractivity contribution in [3.63, 3.8) is 0 Å². The van der Waals surface area contributed by atoms with Gasteiger partial charge in [0.2, 0.25) is 5.78 Å². The van der Waals surface area contributed by atoms with E-state index in [2.05, 4.69) is 11.3 Å². The van der Waals surface area contributed by atoms with Gasteiger partial charge in [0.25, 0.3) is 5.56 Å². The molecule has 2 heterocycles. The number of aromatic nitrogens is 3. The summed E-state index contributed by atoms with van der Waals surface area (Å²) in [7, 11) is 0. The third-order valence-electron chi connectivity index (χ3n) is 4.19. The highest BCUT2D eigenvalue weighted by Gasteiger charge is 2.15. The number of para-hydroxylation sites is 2. The Bertz CT molecular complexity index is 1090. The van der Waals surface area contributed by atoms with E-state index in [9.17, 15) is 4.79 Å². The zero-order chi connectivity index (χ0) is 16.0. The summed E-state index contributed by atoms with van der Waals surface area (Å²) in [6, 6.07) is 13.4. The van der Waals surface area contributed by atoms with Gasteiger partial charge in [0.15, 0.2) is 0 Å². The Hall–Kier alpha value is -2.33. The largest absolute Gasteiger partial charge is 0.278 e. The average Bonchev–Trinajstić information content (AvgIpc) is 2.94. The maximum Gasteiger partial charge on any atom is 0.262 e. The molecule has 0 bridgehead atoms. The van der Waals surface area contributed by atoms with E-state index >= 15 is 0 Å². The van der Waals surface area contributed by atoms with E-state index in [4.69, 9.17) is 16.6 Å². The number of unbranched alkanes of at least 4 members (excludes halogenated alkanes) is 1. The van der Waals surface area contributed by atoms with E-state index < -0.39 is 0 Å². The maximum absolute atomic E-state index is 12.9. The quantitative estimate of drug-likeness (QED) is 0.564. The summed E-state index contributed by atoms with van der Waals surface area (Å²) in [4.78, 5) is 17.6. The van der Waals surface area contributed by atoms with E-state index in [0.29, 0.717) is 22.7 Å². The fourth-order valence-electron chi connectivity index (χ4n) is 3.06. The maximum atomic E-state index is 12.9. The van der Waals surface area contributed by atoms with Crippen molar-refractivity contribution in [3.8, 4) is 0 Å². The van der Waals surface area contributed by atoms with E-state index in [0.717, 1.165) is 29.4 Å². The number of imidazole rings is 1. The van der Waals surface area contributed by atoms with Crippen molar-refractivity contribution in [2.24, 2.45) is 0 Å². The van der Waals surface area contributed by atoms with Crippen LogP contribution in [0.1, 0.15) is 19.8 Å². The minimum Gasteiger partial charge on any atom is -0.278 e. The summed E-state index contributed by atoms with van der Waals surface area (Å²) in [5, 5.41) is 1.20. The summed E-state index contributed by atoms with van der Waals surface area (Å²) in [5.41, 5.74) is 2.70. The predicted octanol–water partition coefficient (Wildman–Crippen LogP) is 4.26. The predicted molar refractivity (Wildman–Crippen MR) is 94.4 cm³/mol. The Kier molecular flexibility index (Phi) is 3.34. The van der Waals surface area contributed by atoms with Crippen molar-refractivity contribution in [1.29, 1.82) is 0 Å². The van der Waals surface area contributed by atoms with Crippen LogP contribution in [-0.4, -0.2) is 14.0 Å². The zero-order valence-electron chi connectivity index (χ0n) is 12.8. The Balaban J connectivity index is 2.25. The van der Waals surface area contributed by atoms with Crippen LogP contribution in [0.4, 0.5) is 0 Å². The van der Waals surface area contributed by atoms with Crippen molar-refractivity contribution in [2.75, 3.05) is 0 Å². The molecule has 0 aliphatic carbocycles. The van der Waals surface area contributed by atoms with Crippen LogP contribution in [-0.2, 0) is 6.54 Å². The van der Waals surface area contributed by atoms with Crippen LogP contribution in [0.25, 0.3) is 27.7 Å². The van der Waals surface area contributed by atoms with Crippen LogP contribution in [0.3, 0.4) is 0 Å². The lowest BCUT2D eigenvalue weighted by Crippen LogP contribution is -2.23. The molecule has 0 N–H and O–H groups in total. The molecule has 0 fully saturated rings. The molecular formula is C18H16ClN3O. The summed E-state index contributed by atoms with van der Waals surface area (Å²) in [5.74, 6) is 0.694. The van der Waals surface area contributed by atoms with Crippen molar-refractivity contribution < 1.29 is 0 Å². The first-order valence-corrected chi connectivity index (χ1v) is 8.18. The van der Waals surface area contributed by atoms with Crippen molar-refractivity contribution in [1.82, 2.24) is 14.0 Å². The van der Waals surface area contributed by atoms with Gasteiger partial charge < -0.3 is 0 Å². The molecule has 5 heteroatoms. The summed E-state index contributed by atoms with van der Waals surface area (Å²) < 4.78 is 3.82. The fraction of sp³-hybridized carbons (Fsp3) is 0.222. The van der Waals surface area contributed by atoms with Gasteiger partial charge in [0.05, 0.1) is 21.9 Å². The lowest BCUT2D eigenvalue weighted by molar-refractivity contribution is 0.623. The second-order valence-corrected chi connectivity index (χ2v) is 6.14. The SMILES string of the molecule is CCCCn1c(=O)c2cc(Cl)ccc2n2c3ccccc3nc12. The number of aryl methyl sites for hydroxylation is 1. The molecule has 2 aromatic carbocycles. The van der Waals surface area contributed by atoms with Gasteiger partial charge in [-0.05, 0) is 36.8 Å². The first kappa shape index (κ1) is 14.3. The van der Waals surface area contributed by atoms with Crippen LogP contribution in [0.5, 0.6) is 0 Å². The topological polar surface area (TPSA) is 39.3 Å². The number of nitrogens with zero attached hydrogens (tertiary/aromatic N) is 3. The minimum absolute atomic E-state index is 0.0289. The molecule has 0 atom stereocenters. The zero-order valence-corrected chi connectivity index (χ0v) is 13.5. The molecule has 0 saturated carbocycles. The van der Waals surface area contributed by atoms with E-state index in [1.54, 1.807) is 10.6 Å². The summed E-state index contributed by atoms with van der Waals surface area (Å²) in [6.45, 7) is 2.77. The van der Waals surface area contributed by atoms with Gasteiger partial charge in [0, 0.05) is 11.6 Å². The molecule has 116 valence electrons. The van der Waals surface area contributed by atoms with Crippen molar-refractivity contribution in [3.05, 3.63) is 57.8 Å². The number of rotatable bonds is 3. The minimum atomic E-state index is -0.0289. The van der Waals surface area contributed by atoms with Crippen LogP contribution in [0.2, 0.25) is 5.02 Å². The van der Waals surface area contributed by atoms with Gasteiger partial charge in [-0.1, -0.05) is 37.1 Å². The molecule has 0 amide bonds. The van der Waals surface area contributed by atoms with Crippen LogP contribution >= 0.6 is 11.6 Å². The second-order valence-electron chi connectivity index (χ2n) is 5.71. The molecule has 0 unspecified atom stereocenters. The molecule has 0 radical (unpaired) electrons. The highest BCUT2D eigenvalue weighted by Crippen LogP contribution is 2.23. The van der Waals surface area contributed by atoms with E-state index in [1.807, 2.05) is 36.4 Å². The molecule has 0 aliphatic heterocycles. The summed E-state index contributed by atoms with van der Waals surface area (Å²) >= 11 is 6.12. The van der Waals surface area contributed by atoms with Gasteiger partial charge in [-0.25, -0.2) is 4.98 Å². The standard InChI is InChI=1S/C18H16ClN3O/c1-2-3-10-21-17(23)13-11-12(19)8-9-15(13)22-16-7-5-4-6-14(16)20-18(21)22/h4-9,11H,2-3,10H2,1H3. The highest BCUT2D eigenvalue weighted by molar-refractivity contribution is 6.31. The molecule has 2 aromatic heterocycles. The first-order chi connectivity index (χ1) is 11.2. The normalized spacial score (nSPS) is 11.7. The molecular weight excluding hydrogens is 310 g/mol. The van der Waals surface area contributed by atoms with Gasteiger partial charge in [-0.2, -0.15) is 0 Å². The first-order valence-electron chi connectivity index (χ1n) is 7.80. The molecule has 0 aliphatic rings. The molecule has 4 nitrogen and oxygen atoms in total. The monoisotopic (exact) mass is 325 g/mol. The van der Waals surface area contributed by atoms with Crippen LogP contribution in [0.15, 0.2) is 47.3 Å². The van der Waals surface area contributed by atoms with Gasteiger partial charge in [0.1, 0.15) is 0 Å². The molecule has 0 spiro atoms. The van der Waals surface area contributed by atoms with Crippen molar-refractivity contribution in [2.45, 2.75) is 26.3 Å². The third-order valence-corrected chi connectivity index (χ3v) is 4.43. The van der Waals surface area contributed by atoms with Crippen molar-refractivity contribution >= 4 is 39.3 Å². The Morgan fingerprint density at radius 2 is 1.96 bits per heavy atom. The number of fused-ring (bicyclic) bond motifs is 5. The molecule has 4 aromatic rings. The van der Waals surface area contributed by atoms with Gasteiger partial charge >= 0.3 is 0 Å². The van der Waals surface area contributed by atoms with E-state index in [-0.39, 0.29) is 5.56 Å². The molecule has 0 saturated heterocycles. The lowest BCUT2D eigenvalue weighted by atomic mass is 10.2. The number of benzene rings is 2. The molecule has 23 heavy (non-hydrogen) atoms. The van der Waals surface area contributed by atoms with E-state index in [1.165, 1.54) is 0 Å².